The fourth-order valence-electron chi connectivity index (χ4n) is 8.53. The van der Waals surface area contributed by atoms with Gasteiger partial charge in [0.25, 0.3) is 5.56 Å². The van der Waals surface area contributed by atoms with E-state index >= 15 is 0 Å². The molecule has 0 spiro atoms. The van der Waals surface area contributed by atoms with E-state index in [4.69, 9.17) is 9.72 Å². The molecule has 0 radical (unpaired) electrons. The molecule has 4 amide bonds. The SMILES string of the molecule is CC[C@@]1(O)C(=O)OCc2c1cc1n(c2=O)Cc2c-1nc1ccc(NC(=O)[C@H](C)NC(=O)[C@@H](NC(=O)CCCCCN3C(=O)C=CC3(C)O)C(C)C)c3c1c2CCC3. The summed E-state index contributed by atoms with van der Waals surface area (Å²) in [5, 5.41) is 31.0. The molecule has 5 N–H and O–H groups in total. The van der Waals surface area contributed by atoms with Gasteiger partial charge in [0, 0.05) is 41.2 Å². The number of esters is 1. The van der Waals surface area contributed by atoms with Crippen molar-refractivity contribution in [3.05, 3.63) is 68.5 Å². The summed E-state index contributed by atoms with van der Waals surface area (Å²) in [7, 11) is 0. The average molecular weight is 783 g/mol. The number of fused-ring (bicyclic) bond motifs is 5. The monoisotopic (exact) mass is 782 g/mol. The number of anilines is 1. The second kappa shape index (κ2) is 15.2. The van der Waals surface area contributed by atoms with Gasteiger partial charge in [-0.3, -0.25) is 24.0 Å². The molecule has 0 saturated carbocycles. The number of nitrogens with one attached hydrogen (secondary N) is 3. The number of cyclic esters (lactones) is 1. The maximum absolute atomic E-state index is 13.7. The highest BCUT2D eigenvalue weighted by molar-refractivity contribution is 6.02. The van der Waals surface area contributed by atoms with Crippen molar-refractivity contribution in [1.82, 2.24) is 25.1 Å². The molecule has 3 aliphatic heterocycles. The van der Waals surface area contributed by atoms with Crippen molar-refractivity contribution >= 4 is 46.2 Å². The van der Waals surface area contributed by atoms with Crippen molar-refractivity contribution in [2.24, 2.45) is 5.92 Å². The predicted molar refractivity (Wildman–Crippen MR) is 209 cm³/mol. The number of hydrogen-bond donors (Lipinski definition) is 5. The smallest absolute Gasteiger partial charge is 0.343 e. The quantitative estimate of drug-likeness (QED) is 0.0990. The van der Waals surface area contributed by atoms with Gasteiger partial charge >= 0.3 is 5.97 Å². The normalized spacial score (nSPS) is 21.5. The largest absolute Gasteiger partial charge is 0.458 e. The average Bonchev–Trinajstić information content (AvgIpc) is 3.68. The van der Waals surface area contributed by atoms with E-state index in [2.05, 4.69) is 16.0 Å². The van der Waals surface area contributed by atoms with Gasteiger partial charge in [-0.2, -0.15) is 0 Å². The Kier molecular flexibility index (Phi) is 10.6. The molecule has 0 bridgehead atoms. The van der Waals surface area contributed by atoms with Crippen LogP contribution in [0.4, 0.5) is 5.69 Å². The van der Waals surface area contributed by atoms with Crippen LogP contribution in [-0.2, 0) is 60.3 Å². The second-order valence-corrected chi connectivity index (χ2v) is 16.1. The molecule has 0 saturated heterocycles. The zero-order valence-corrected chi connectivity index (χ0v) is 33.0. The molecule has 57 heavy (non-hydrogen) atoms. The highest BCUT2D eigenvalue weighted by atomic mass is 16.6. The van der Waals surface area contributed by atoms with Gasteiger partial charge in [0.1, 0.15) is 18.7 Å². The Balaban J connectivity index is 1.01. The number of rotatable bonds is 13. The zero-order chi connectivity index (χ0) is 41.0. The Labute approximate surface area is 329 Å². The molecular weight excluding hydrogens is 732 g/mol. The van der Waals surface area contributed by atoms with Gasteiger partial charge in [-0.05, 0) is 93.7 Å². The highest BCUT2D eigenvalue weighted by Crippen LogP contribution is 2.43. The van der Waals surface area contributed by atoms with Crippen LogP contribution in [0.1, 0.15) is 101 Å². The van der Waals surface area contributed by atoms with Gasteiger partial charge in [0.05, 0.1) is 29.0 Å². The van der Waals surface area contributed by atoms with E-state index in [-0.39, 0.29) is 60.4 Å². The van der Waals surface area contributed by atoms with Gasteiger partial charge in [-0.15, -0.1) is 0 Å². The van der Waals surface area contributed by atoms with Crippen molar-refractivity contribution in [1.29, 1.82) is 0 Å². The Hall–Kier alpha value is -5.41. The Morgan fingerprint density at radius 3 is 2.42 bits per heavy atom. The summed E-state index contributed by atoms with van der Waals surface area (Å²) in [6.07, 6.45) is 7.06. The standard InChI is InChI=1S/C42H50N6O9/c1-6-42(56)28-19-31-36-26(20-47(31)39(53)27(28)21-57-40(42)54)24-11-10-12-25-29(14-15-30(44-36)34(24)25)45-37(51)23(4)43-38(52)35(22(2)3)46-32(49)13-8-7-9-18-48-33(50)16-17-41(48,5)55/h14-17,19,22-23,35,55-56H,6-13,18,20-21H2,1-5H3,(H,43,52)(H,45,51)(H,46,49)/t23-,35-,41?,42-/m0/s1. The third-order valence-corrected chi connectivity index (χ3v) is 11.8. The number of amides is 4. The number of hydrogen-bond acceptors (Lipinski definition) is 10. The number of aryl methyl sites for hydroxylation is 2. The number of ether oxygens (including phenoxy) is 1. The fourth-order valence-corrected chi connectivity index (χ4v) is 8.53. The van der Waals surface area contributed by atoms with Gasteiger partial charge in [0.2, 0.25) is 23.6 Å². The van der Waals surface area contributed by atoms with Crippen LogP contribution in [0.3, 0.4) is 0 Å². The van der Waals surface area contributed by atoms with Crippen molar-refractivity contribution in [2.45, 2.75) is 123 Å². The van der Waals surface area contributed by atoms with E-state index < -0.39 is 41.2 Å². The van der Waals surface area contributed by atoms with Crippen LogP contribution in [-0.4, -0.2) is 78.6 Å². The number of pyridine rings is 2. The van der Waals surface area contributed by atoms with Crippen LogP contribution >= 0.6 is 0 Å². The van der Waals surface area contributed by atoms with E-state index in [9.17, 15) is 39.0 Å². The van der Waals surface area contributed by atoms with E-state index in [1.807, 2.05) is 19.9 Å². The summed E-state index contributed by atoms with van der Waals surface area (Å²) < 4.78 is 6.84. The lowest BCUT2D eigenvalue weighted by molar-refractivity contribution is -0.172. The molecule has 4 aliphatic rings. The molecule has 3 aromatic rings. The number of aromatic nitrogens is 2. The first-order chi connectivity index (χ1) is 27.0. The predicted octanol–water partition coefficient (Wildman–Crippen LogP) is 2.82. The molecule has 302 valence electrons. The fraction of sp³-hybridized carbons (Fsp3) is 0.500. The van der Waals surface area contributed by atoms with Crippen molar-refractivity contribution in [2.75, 3.05) is 11.9 Å². The summed E-state index contributed by atoms with van der Waals surface area (Å²) >= 11 is 0. The molecule has 5 heterocycles. The van der Waals surface area contributed by atoms with Crippen molar-refractivity contribution in [3.63, 3.8) is 0 Å². The van der Waals surface area contributed by atoms with Crippen molar-refractivity contribution < 1.29 is 38.9 Å². The minimum absolute atomic E-state index is 0.0530. The van der Waals surface area contributed by atoms with Crippen LogP contribution in [0.25, 0.3) is 22.3 Å². The number of unbranched alkanes of at least 4 members (excludes halogenated alkanes) is 2. The maximum atomic E-state index is 13.7. The lowest BCUT2D eigenvalue weighted by Crippen LogP contribution is -2.53. The Bertz CT molecular complexity index is 2300. The van der Waals surface area contributed by atoms with Crippen LogP contribution in [0.5, 0.6) is 0 Å². The number of carbonyl (C=O) groups is 5. The minimum Gasteiger partial charge on any atom is -0.458 e. The molecular formula is C42H50N6O9. The molecule has 0 fully saturated rings. The number of nitrogens with zero attached hydrogens (tertiary/aromatic N) is 3. The van der Waals surface area contributed by atoms with Crippen LogP contribution < -0.4 is 21.5 Å². The first kappa shape index (κ1) is 39.8. The van der Waals surface area contributed by atoms with Crippen molar-refractivity contribution in [3.8, 4) is 11.4 Å². The molecule has 15 nitrogen and oxygen atoms in total. The molecule has 1 aromatic carbocycles. The molecule has 7 rings (SSSR count). The summed E-state index contributed by atoms with van der Waals surface area (Å²) in [6, 6.07) is 3.53. The molecule has 15 heteroatoms. The first-order valence-corrected chi connectivity index (χ1v) is 19.8. The van der Waals surface area contributed by atoms with E-state index in [0.29, 0.717) is 54.8 Å². The first-order valence-electron chi connectivity index (χ1n) is 19.8. The lowest BCUT2D eigenvalue weighted by Gasteiger charge is -2.31. The third kappa shape index (κ3) is 7.11. The van der Waals surface area contributed by atoms with Gasteiger partial charge in [-0.25, -0.2) is 9.78 Å². The maximum Gasteiger partial charge on any atom is 0.343 e. The van der Waals surface area contributed by atoms with E-state index in [1.165, 1.54) is 17.1 Å². The molecule has 2 aromatic heterocycles. The van der Waals surface area contributed by atoms with Gasteiger partial charge in [-0.1, -0.05) is 27.2 Å². The van der Waals surface area contributed by atoms with Crippen LogP contribution in [0, 0.1) is 5.92 Å². The number of aliphatic hydroxyl groups is 2. The van der Waals surface area contributed by atoms with E-state index in [0.717, 1.165) is 34.9 Å². The summed E-state index contributed by atoms with van der Waals surface area (Å²) in [6.45, 7) is 8.87. The Morgan fingerprint density at radius 1 is 0.965 bits per heavy atom. The third-order valence-electron chi connectivity index (χ3n) is 11.8. The lowest BCUT2D eigenvalue weighted by atomic mass is 9.85. The molecule has 1 unspecified atom stereocenters. The minimum atomic E-state index is -1.92. The second-order valence-electron chi connectivity index (χ2n) is 16.1. The Morgan fingerprint density at radius 2 is 1.72 bits per heavy atom. The van der Waals surface area contributed by atoms with Crippen LogP contribution in [0.2, 0.25) is 0 Å². The number of benzene rings is 1. The van der Waals surface area contributed by atoms with Crippen LogP contribution in [0.15, 0.2) is 35.1 Å². The molecule has 4 atom stereocenters. The molecule has 1 aliphatic carbocycles. The van der Waals surface area contributed by atoms with Gasteiger partial charge in [0.15, 0.2) is 11.3 Å². The topological polar surface area (TPSA) is 209 Å². The summed E-state index contributed by atoms with van der Waals surface area (Å²) in [5.41, 5.74) is 2.29. The summed E-state index contributed by atoms with van der Waals surface area (Å²) in [5.74, 6) is -2.47. The summed E-state index contributed by atoms with van der Waals surface area (Å²) in [4.78, 5) is 84.5. The zero-order valence-electron chi connectivity index (χ0n) is 33.0. The van der Waals surface area contributed by atoms with E-state index in [1.54, 1.807) is 37.5 Å². The van der Waals surface area contributed by atoms with Gasteiger partial charge < -0.3 is 40.4 Å². The number of carbonyl (C=O) groups excluding carboxylic acids is 5. The highest BCUT2D eigenvalue weighted by Gasteiger charge is 2.45.